The lowest BCUT2D eigenvalue weighted by Crippen LogP contribution is -2.39. The highest BCUT2D eigenvalue weighted by Crippen LogP contribution is 2.21. The van der Waals surface area contributed by atoms with Gasteiger partial charge in [0.1, 0.15) is 11.6 Å². The Morgan fingerprint density at radius 2 is 2.00 bits per heavy atom. The van der Waals surface area contributed by atoms with E-state index >= 15 is 0 Å². The molecule has 0 amide bonds. The minimum absolute atomic E-state index is 0.131. The van der Waals surface area contributed by atoms with Gasteiger partial charge in [0, 0.05) is 22.8 Å². The van der Waals surface area contributed by atoms with Crippen molar-refractivity contribution in [3.8, 4) is 0 Å². The average Bonchev–Trinajstić information content (AvgIpc) is 2.57. The van der Waals surface area contributed by atoms with Crippen LogP contribution in [0.3, 0.4) is 0 Å². The third kappa shape index (κ3) is 1.90. The lowest BCUT2D eigenvalue weighted by Gasteiger charge is -2.11. The van der Waals surface area contributed by atoms with Crippen molar-refractivity contribution in [1.29, 1.82) is 0 Å². The van der Waals surface area contributed by atoms with Gasteiger partial charge in [0.05, 0.1) is 0 Å². The second-order valence-electron chi connectivity index (χ2n) is 3.14. The zero-order valence-electron chi connectivity index (χ0n) is 9.58. The van der Waals surface area contributed by atoms with Crippen LogP contribution in [0.5, 0.6) is 0 Å². The van der Waals surface area contributed by atoms with Crippen LogP contribution >= 0.6 is 0 Å². The van der Waals surface area contributed by atoms with E-state index < -0.39 is 10.7 Å². The van der Waals surface area contributed by atoms with Crippen molar-refractivity contribution < 1.29 is 9.77 Å². The van der Waals surface area contributed by atoms with Crippen LogP contribution in [0.2, 0.25) is 0 Å². The number of hydrogen-bond acceptors (Lipinski definition) is 5. The van der Waals surface area contributed by atoms with E-state index in [4.69, 9.17) is 0 Å². The number of rotatable bonds is 5. The average molecular weight is 229 g/mol. The van der Waals surface area contributed by atoms with Gasteiger partial charge in [-0.2, -0.15) is 0 Å². The van der Waals surface area contributed by atoms with Crippen LogP contribution < -0.4 is 9.75 Å². The Hall–Kier alpha value is -1.86. The lowest BCUT2D eigenvalue weighted by molar-refractivity contribution is -0.736. The maximum absolute atomic E-state index is 11.5. The molecule has 0 aliphatic heterocycles. The molecule has 0 unspecified atom stereocenters. The van der Waals surface area contributed by atoms with E-state index in [1.165, 1.54) is 0 Å². The van der Waals surface area contributed by atoms with E-state index in [9.17, 15) is 15.3 Å². The first-order chi connectivity index (χ1) is 7.56. The van der Waals surface area contributed by atoms with E-state index in [0.29, 0.717) is 19.6 Å². The Bertz CT molecular complexity index is 385. The number of nitro groups is 1. The lowest BCUT2D eigenvalue weighted by atomic mass is 10.5. The molecule has 8 nitrogen and oxygen atoms in total. The van der Waals surface area contributed by atoms with Crippen molar-refractivity contribution >= 4 is 11.6 Å². The smallest absolute Gasteiger partial charge is 0.495 e. The molecular weight excluding hydrogens is 214 g/mol. The van der Waals surface area contributed by atoms with Gasteiger partial charge >= 0.3 is 11.6 Å². The molecule has 0 aromatic carbocycles. The highest BCUT2D eigenvalue weighted by atomic mass is 16.6. The first kappa shape index (κ1) is 12.2. The van der Waals surface area contributed by atoms with Gasteiger partial charge < -0.3 is 20.2 Å². The molecule has 1 aromatic heterocycles. The number of aryl methyl sites for hydroxylation is 1. The molecule has 0 fully saturated rings. The summed E-state index contributed by atoms with van der Waals surface area (Å²) in [5.41, 5.74) is 0. The third-order valence-corrected chi connectivity index (χ3v) is 2.32. The van der Waals surface area contributed by atoms with Gasteiger partial charge in [-0.3, -0.25) is 0 Å². The highest BCUT2D eigenvalue weighted by Gasteiger charge is 2.36. The molecule has 0 bridgehead atoms. The van der Waals surface area contributed by atoms with Gasteiger partial charge in [-0.25, -0.2) is 0 Å². The Morgan fingerprint density at radius 1 is 1.44 bits per heavy atom. The Kier molecular flexibility index (Phi) is 3.64. The van der Waals surface area contributed by atoms with Crippen LogP contribution in [-0.4, -0.2) is 27.9 Å². The second-order valence-corrected chi connectivity index (χ2v) is 3.14. The molecule has 0 radical (unpaired) electrons. The maximum atomic E-state index is 11.5. The van der Waals surface area contributed by atoms with Crippen molar-refractivity contribution in [2.75, 3.05) is 18.0 Å². The normalized spacial score (nSPS) is 10.4. The van der Waals surface area contributed by atoms with Crippen LogP contribution in [0, 0.1) is 15.3 Å². The summed E-state index contributed by atoms with van der Waals surface area (Å²) in [5.74, 6) is -0.377. The summed E-state index contributed by atoms with van der Waals surface area (Å²) in [6.07, 6.45) is 0. The highest BCUT2D eigenvalue weighted by molar-refractivity contribution is 5.49. The summed E-state index contributed by atoms with van der Waals surface area (Å²) >= 11 is 0. The van der Waals surface area contributed by atoms with E-state index in [-0.39, 0.29) is 10.7 Å². The maximum Gasteiger partial charge on any atom is 0.495 e. The van der Waals surface area contributed by atoms with Gasteiger partial charge in [-0.15, -0.1) is 0 Å². The second kappa shape index (κ2) is 4.77. The van der Waals surface area contributed by atoms with Crippen molar-refractivity contribution in [3.05, 3.63) is 15.3 Å². The predicted molar refractivity (Wildman–Crippen MR) is 57.1 cm³/mol. The summed E-state index contributed by atoms with van der Waals surface area (Å²) in [7, 11) is 0. The number of anilines is 1. The molecule has 90 valence electrons. The molecule has 16 heavy (non-hydrogen) atoms. The van der Waals surface area contributed by atoms with Gasteiger partial charge in [-0.05, 0) is 20.8 Å². The minimum atomic E-state index is -0.695. The molecular formula is C8H15N5O3. The molecule has 0 saturated carbocycles. The summed E-state index contributed by atoms with van der Waals surface area (Å²) in [6.45, 7) is 6.85. The first-order valence-corrected chi connectivity index (χ1v) is 5.16. The van der Waals surface area contributed by atoms with Gasteiger partial charge in [0.2, 0.25) is 0 Å². The zero-order valence-corrected chi connectivity index (χ0v) is 9.58. The Labute approximate surface area is 92.8 Å². The van der Waals surface area contributed by atoms with Crippen LogP contribution in [0.4, 0.5) is 11.6 Å². The first-order valence-electron chi connectivity index (χ1n) is 5.16. The molecule has 8 heteroatoms. The largest absolute Gasteiger partial charge is 0.655 e. The Morgan fingerprint density at radius 3 is 2.38 bits per heavy atom. The van der Waals surface area contributed by atoms with Crippen molar-refractivity contribution in [2.24, 2.45) is 0 Å². The monoisotopic (exact) mass is 229 g/mol. The Balaban J connectivity index is 3.31. The fourth-order valence-electron chi connectivity index (χ4n) is 1.47. The standard InChI is InChI=1S/C8H15N5O3/c1-4-10(5-2)7-8(13(15)16)12(14)11(6-3)9-7/h4-6H2,1-3H3. The van der Waals surface area contributed by atoms with E-state index in [2.05, 4.69) is 5.10 Å². The molecule has 0 aliphatic carbocycles. The molecule has 0 saturated heterocycles. The van der Waals surface area contributed by atoms with Crippen LogP contribution in [0.25, 0.3) is 0 Å². The van der Waals surface area contributed by atoms with Crippen LogP contribution in [0.15, 0.2) is 0 Å². The van der Waals surface area contributed by atoms with Crippen molar-refractivity contribution in [3.63, 3.8) is 0 Å². The molecule has 0 atom stereocenters. The minimum Gasteiger partial charge on any atom is -0.655 e. The van der Waals surface area contributed by atoms with E-state index in [1.54, 1.807) is 11.8 Å². The van der Waals surface area contributed by atoms with Gasteiger partial charge in [0.15, 0.2) is 0 Å². The van der Waals surface area contributed by atoms with Gasteiger partial charge in [0.25, 0.3) is 0 Å². The molecule has 1 aromatic rings. The molecule has 0 aliphatic rings. The van der Waals surface area contributed by atoms with Crippen molar-refractivity contribution in [1.82, 2.24) is 9.90 Å². The summed E-state index contributed by atoms with van der Waals surface area (Å²) in [4.78, 5) is 13.1. The topological polar surface area (TPSA) is 91.1 Å². The summed E-state index contributed by atoms with van der Waals surface area (Å²) in [6, 6.07) is 0. The molecule has 1 rings (SSSR count). The van der Waals surface area contributed by atoms with E-state index in [0.717, 1.165) is 4.80 Å². The third-order valence-electron chi connectivity index (χ3n) is 2.32. The van der Waals surface area contributed by atoms with Crippen LogP contribution in [0.1, 0.15) is 20.8 Å². The summed E-state index contributed by atoms with van der Waals surface area (Å²) in [5, 5.41) is 26.3. The van der Waals surface area contributed by atoms with E-state index in [1.807, 2.05) is 13.8 Å². The molecule has 0 N–H and O–H groups in total. The quantitative estimate of drug-likeness (QED) is 0.313. The predicted octanol–water partition coefficient (Wildman–Crippen LogP) is 0.291. The number of nitrogens with zero attached hydrogens (tertiary/aromatic N) is 5. The van der Waals surface area contributed by atoms with Crippen molar-refractivity contribution in [2.45, 2.75) is 27.3 Å². The van der Waals surface area contributed by atoms with Crippen LogP contribution in [-0.2, 0) is 6.54 Å². The fraction of sp³-hybridized carbons (Fsp3) is 0.750. The zero-order chi connectivity index (χ0) is 12.3. The molecule has 0 spiro atoms. The van der Waals surface area contributed by atoms with Gasteiger partial charge in [-0.1, -0.05) is 4.85 Å². The SMILES string of the molecule is CCN(CC)c1nn(CC)[n+]([O-])c1[N+](=O)[O-]. The fourth-order valence-corrected chi connectivity index (χ4v) is 1.47. The number of hydrogen-bond donors (Lipinski definition) is 0. The summed E-state index contributed by atoms with van der Waals surface area (Å²) < 4.78 is 0. The molecule has 1 heterocycles. The number of aromatic nitrogens is 3.